The molecule has 0 atom stereocenters. The van der Waals surface area contributed by atoms with E-state index >= 15 is 0 Å². The van der Waals surface area contributed by atoms with Crippen molar-refractivity contribution in [1.82, 2.24) is 19.7 Å². The van der Waals surface area contributed by atoms with E-state index in [2.05, 4.69) is 26.4 Å². The van der Waals surface area contributed by atoms with E-state index in [-0.39, 0.29) is 0 Å². The molecule has 0 aliphatic heterocycles. The van der Waals surface area contributed by atoms with Gasteiger partial charge in [0.2, 0.25) is 5.95 Å². The summed E-state index contributed by atoms with van der Waals surface area (Å²) in [6, 6.07) is 4.03. The molecule has 0 aromatic carbocycles. The zero-order chi connectivity index (χ0) is 13.1. The van der Waals surface area contributed by atoms with Crippen LogP contribution in [-0.4, -0.2) is 26.3 Å². The fourth-order valence-electron chi connectivity index (χ4n) is 1.62. The van der Waals surface area contributed by atoms with Gasteiger partial charge in [0.05, 0.1) is 5.69 Å². The molecule has 2 heterocycles. The van der Waals surface area contributed by atoms with Crippen LogP contribution in [0.15, 0.2) is 22.2 Å². The van der Waals surface area contributed by atoms with E-state index in [9.17, 15) is 0 Å². The third-order valence-corrected chi connectivity index (χ3v) is 3.34. The molecule has 2 aromatic rings. The molecule has 18 heavy (non-hydrogen) atoms. The van der Waals surface area contributed by atoms with Crippen LogP contribution in [0.1, 0.15) is 18.3 Å². The lowest BCUT2D eigenvalue weighted by Gasteiger charge is -2.06. The van der Waals surface area contributed by atoms with Crippen molar-refractivity contribution in [1.29, 1.82) is 0 Å². The molecule has 6 heteroatoms. The van der Waals surface area contributed by atoms with Crippen molar-refractivity contribution in [3.63, 3.8) is 0 Å². The van der Waals surface area contributed by atoms with Gasteiger partial charge in [-0.25, -0.2) is 9.97 Å². The maximum absolute atomic E-state index is 4.47. The van der Waals surface area contributed by atoms with Gasteiger partial charge < -0.3 is 5.32 Å². The molecule has 0 bridgehead atoms. The van der Waals surface area contributed by atoms with Crippen LogP contribution in [0.4, 0.5) is 5.95 Å². The zero-order valence-corrected chi connectivity index (χ0v) is 11.9. The summed E-state index contributed by atoms with van der Waals surface area (Å²) in [6.45, 7) is 6.81. The van der Waals surface area contributed by atoms with Gasteiger partial charge in [-0.15, -0.1) is 0 Å². The average molecular weight is 263 g/mol. The van der Waals surface area contributed by atoms with Crippen molar-refractivity contribution >= 4 is 17.7 Å². The van der Waals surface area contributed by atoms with Crippen LogP contribution in [0.3, 0.4) is 0 Å². The average Bonchev–Trinajstić information content (AvgIpc) is 2.57. The van der Waals surface area contributed by atoms with Crippen LogP contribution in [0.2, 0.25) is 0 Å². The first-order chi connectivity index (χ1) is 8.58. The molecule has 0 fully saturated rings. The van der Waals surface area contributed by atoms with E-state index in [1.807, 2.05) is 38.6 Å². The second-order valence-electron chi connectivity index (χ2n) is 4.05. The first-order valence-electron chi connectivity index (χ1n) is 5.86. The summed E-state index contributed by atoms with van der Waals surface area (Å²) in [4.78, 5) is 8.80. The van der Waals surface area contributed by atoms with Crippen LogP contribution in [0.5, 0.6) is 0 Å². The summed E-state index contributed by atoms with van der Waals surface area (Å²) in [5.74, 6) is 0.680. The number of nitrogens with zero attached hydrogens (tertiary/aromatic N) is 4. The number of aryl methyl sites for hydroxylation is 3. The predicted octanol–water partition coefficient (Wildman–Crippen LogP) is 2.41. The molecule has 96 valence electrons. The van der Waals surface area contributed by atoms with E-state index in [1.54, 1.807) is 11.8 Å². The summed E-state index contributed by atoms with van der Waals surface area (Å²) in [5, 5.41) is 9.47. The van der Waals surface area contributed by atoms with E-state index in [0.29, 0.717) is 5.95 Å². The lowest BCUT2D eigenvalue weighted by molar-refractivity contribution is 0.692. The molecular formula is C12H17N5S. The molecule has 0 unspecified atom stereocenters. The Bertz CT molecular complexity index is 549. The van der Waals surface area contributed by atoms with E-state index in [1.165, 1.54) is 0 Å². The fourth-order valence-corrected chi connectivity index (χ4v) is 2.60. The smallest absolute Gasteiger partial charge is 0.223 e. The molecule has 0 aliphatic rings. The monoisotopic (exact) mass is 263 g/mol. The molecule has 2 aromatic heterocycles. The van der Waals surface area contributed by atoms with Gasteiger partial charge in [-0.1, -0.05) is 11.8 Å². The molecule has 0 saturated carbocycles. The Morgan fingerprint density at radius 2 is 2.00 bits per heavy atom. The Morgan fingerprint density at radius 1 is 1.22 bits per heavy atom. The van der Waals surface area contributed by atoms with Crippen molar-refractivity contribution in [3.8, 4) is 0 Å². The Labute approximate surface area is 111 Å². The highest BCUT2D eigenvalue weighted by molar-refractivity contribution is 7.99. The molecule has 0 amide bonds. The zero-order valence-electron chi connectivity index (χ0n) is 11.1. The van der Waals surface area contributed by atoms with Crippen LogP contribution in [0.25, 0.3) is 0 Å². The summed E-state index contributed by atoms with van der Waals surface area (Å²) in [5.41, 5.74) is 1.97. The second-order valence-corrected chi connectivity index (χ2v) is 5.09. The van der Waals surface area contributed by atoms with Crippen molar-refractivity contribution in [3.05, 3.63) is 23.5 Å². The maximum atomic E-state index is 4.47. The number of hydrogen-bond acceptors (Lipinski definition) is 5. The van der Waals surface area contributed by atoms with Gasteiger partial charge in [0.25, 0.3) is 0 Å². The normalized spacial score (nSPS) is 10.7. The maximum Gasteiger partial charge on any atom is 0.223 e. The Kier molecular flexibility index (Phi) is 3.86. The predicted molar refractivity (Wildman–Crippen MR) is 73.0 cm³/mol. The molecule has 0 radical (unpaired) electrons. The summed E-state index contributed by atoms with van der Waals surface area (Å²) in [7, 11) is 1.94. The van der Waals surface area contributed by atoms with Crippen LogP contribution in [-0.2, 0) is 7.05 Å². The molecule has 0 aliphatic carbocycles. The third-order valence-electron chi connectivity index (χ3n) is 2.33. The van der Waals surface area contributed by atoms with Crippen LogP contribution in [0, 0.1) is 13.8 Å². The van der Waals surface area contributed by atoms with Gasteiger partial charge in [0.15, 0.2) is 0 Å². The number of aromatic nitrogens is 4. The molecule has 1 N–H and O–H groups in total. The Morgan fingerprint density at radius 3 is 2.61 bits per heavy atom. The van der Waals surface area contributed by atoms with Crippen molar-refractivity contribution < 1.29 is 0 Å². The highest BCUT2D eigenvalue weighted by Gasteiger charge is 2.07. The standard InChI is InChI=1S/C12H17N5S/c1-5-13-12-14-8(2)6-10(15-12)18-11-7-9(3)16-17(11)4/h6-7H,5H2,1-4H3,(H,13,14,15). The van der Waals surface area contributed by atoms with Gasteiger partial charge in [0, 0.05) is 19.3 Å². The first-order valence-corrected chi connectivity index (χ1v) is 6.68. The highest BCUT2D eigenvalue weighted by atomic mass is 32.2. The minimum atomic E-state index is 0.680. The van der Waals surface area contributed by atoms with Crippen molar-refractivity contribution in [2.75, 3.05) is 11.9 Å². The Hall–Kier alpha value is -1.56. The fraction of sp³-hybridized carbons (Fsp3) is 0.417. The minimum absolute atomic E-state index is 0.680. The lowest BCUT2D eigenvalue weighted by Crippen LogP contribution is -2.03. The Balaban J connectivity index is 2.25. The lowest BCUT2D eigenvalue weighted by atomic mass is 10.5. The number of rotatable bonds is 4. The SMILES string of the molecule is CCNc1nc(C)cc(Sc2cc(C)nn2C)n1. The van der Waals surface area contributed by atoms with Gasteiger partial charge in [0.1, 0.15) is 10.1 Å². The van der Waals surface area contributed by atoms with Gasteiger partial charge in [-0.05, 0) is 32.9 Å². The van der Waals surface area contributed by atoms with Crippen molar-refractivity contribution in [2.24, 2.45) is 7.05 Å². The number of nitrogens with one attached hydrogen (secondary N) is 1. The molecule has 0 saturated heterocycles. The topological polar surface area (TPSA) is 55.6 Å². The second kappa shape index (κ2) is 5.39. The van der Waals surface area contributed by atoms with E-state index in [4.69, 9.17) is 0 Å². The highest BCUT2D eigenvalue weighted by Crippen LogP contribution is 2.27. The van der Waals surface area contributed by atoms with Crippen LogP contribution >= 0.6 is 11.8 Å². The molecule has 2 rings (SSSR count). The largest absolute Gasteiger partial charge is 0.354 e. The van der Waals surface area contributed by atoms with E-state index in [0.717, 1.165) is 28.0 Å². The van der Waals surface area contributed by atoms with E-state index < -0.39 is 0 Å². The summed E-state index contributed by atoms with van der Waals surface area (Å²) in [6.07, 6.45) is 0. The molecule has 0 spiro atoms. The molecule has 5 nitrogen and oxygen atoms in total. The molecular weight excluding hydrogens is 246 g/mol. The van der Waals surface area contributed by atoms with Gasteiger partial charge >= 0.3 is 0 Å². The quantitative estimate of drug-likeness (QED) is 0.858. The third kappa shape index (κ3) is 3.01. The van der Waals surface area contributed by atoms with Gasteiger partial charge in [-0.3, -0.25) is 4.68 Å². The summed E-state index contributed by atoms with van der Waals surface area (Å²) < 4.78 is 1.87. The number of hydrogen-bond donors (Lipinski definition) is 1. The number of anilines is 1. The first kappa shape index (κ1) is 12.9. The minimum Gasteiger partial charge on any atom is -0.354 e. The van der Waals surface area contributed by atoms with Gasteiger partial charge in [-0.2, -0.15) is 5.10 Å². The summed E-state index contributed by atoms with van der Waals surface area (Å²) >= 11 is 1.60. The van der Waals surface area contributed by atoms with Crippen molar-refractivity contribution in [2.45, 2.75) is 30.8 Å². The van der Waals surface area contributed by atoms with Crippen LogP contribution < -0.4 is 5.32 Å².